The van der Waals surface area contributed by atoms with Gasteiger partial charge in [0.05, 0.1) is 23.5 Å². The lowest BCUT2D eigenvalue weighted by molar-refractivity contribution is -0.137. The Labute approximate surface area is 115 Å². The van der Waals surface area contributed by atoms with Crippen LogP contribution in [0.25, 0.3) is 0 Å². The molecule has 1 aliphatic heterocycles. The number of ether oxygens (including phenoxy) is 2. The van der Waals surface area contributed by atoms with Gasteiger partial charge in [0.15, 0.2) is 0 Å². The molecule has 2 N–H and O–H groups in total. The van der Waals surface area contributed by atoms with E-state index in [9.17, 15) is 13.2 Å². The second kappa shape index (κ2) is 5.52. The Hall–Kier alpha value is -1.43. The summed E-state index contributed by atoms with van der Waals surface area (Å²) in [5.41, 5.74) is 4.89. The van der Waals surface area contributed by atoms with Gasteiger partial charge >= 0.3 is 6.18 Å². The van der Waals surface area contributed by atoms with Gasteiger partial charge in [0.2, 0.25) is 0 Å². The molecule has 1 fully saturated rings. The van der Waals surface area contributed by atoms with E-state index in [-0.39, 0.29) is 24.0 Å². The quantitative estimate of drug-likeness (QED) is 0.846. The monoisotopic (exact) mass is 289 g/mol. The van der Waals surface area contributed by atoms with Crippen molar-refractivity contribution in [2.24, 2.45) is 0 Å². The summed E-state index contributed by atoms with van der Waals surface area (Å²) in [6.07, 6.45) is -2.95. The third-order valence-electron chi connectivity index (χ3n) is 3.29. The first kappa shape index (κ1) is 15.0. The van der Waals surface area contributed by atoms with Crippen molar-refractivity contribution >= 4 is 5.69 Å². The molecule has 1 heterocycles. The van der Waals surface area contributed by atoms with Crippen LogP contribution in [0.4, 0.5) is 18.9 Å². The average Bonchev–Trinajstić information content (AvgIpc) is 2.29. The van der Waals surface area contributed by atoms with Crippen LogP contribution in [0, 0.1) is 0 Å². The Morgan fingerprint density at radius 1 is 1.20 bits per heavy atom. The third-order valence-corrected chi connectivity index (χ3v) is 3.29. The molecule has 0 radical (unpaired) electrons. The number of alkyl halides is 3. The number of nitrogen functional groups attached to an aromatic ring is 1. The van der Waals surface area contributed by atoms with Gasteiger partial charge in [0.1, 0.15) is 11.9 Å². The van der Waals surface area contributed by atoms with Crippen molar-refractivity contribution in [3.05, 3.63) is 23.8 Å². The average molecular weight is 289 g/mol. The SMILES string of the molecule is CC1CC(Oc2ccc(C(F)(F)F)cc2N)CC(C)O1. The maximum atomic E-state index is 12.5. The minimum atomic E-state index is -4.39. The van der Waals surface area contributed by atoms with E-state index in [1.54, 1.807) is 0 Å². The fourth-order valence-corrected chi connectivity index (χ4v) is 2.45. The number of anilines is 1. The van der Waals surface area contributed by atoms with Crippen molar-refractivity contribution < 1.29 is 22.6 Å². The van der Waals surface area contributed by atoms with Gasteiger partial charge in [-0.2, -0.15) is 13.2 Å². The first-order valence-corrected chi connectivity index (χ1v) is 6.54. The Balaban J connectivity index is 2.10. The number of hydrogen-bond donors (Lipinski definition) is 1. The second-order valence-corrected chi connectivity index (χ2v) is 5.22. The van der Waals surface area contributed by atoms with Gasteiger partial charge in [-0.25, -0.2) is 0 Å². The van der Waals surface area contributed by atoms with Crippen LogP contribution < -0.4 is 10.5 Å². The largest absolute Gasteiger partial charge is 0.488 e. The molecule has 1 aromatic carbocycles. The molecule has 1 aromatic rings. The van der Waals surface area contributed by atoms with Crippen LogP contribution in [0.2, 0.25) is 0 Å². The van der Waals surface area contributed by atoms with Gasteiger partial charge < -0.3 is 15.2 Å². The van der Waals surface area contributed by atoms with Crippen molar-refractivity contribution in [1.29, 1.82) is 0 Å². The number of halogens is 3. The summed E-state index contributed by atoms with van der Waals surface area (Å²) in [5.74, 6) is 0.296. The van der Waals surface area contributed by atoms with E-state index >= 15 is 0 Å². The molecule has 0 amide bonds. The van der Waals surface area contributed by atoms with E-state index in [0.29, 0.717) is 18.6 Å². The van der Waals surface area contributed by atoms with E-state index in [1.807, 2.05) is 13.8 Å². The second-order valence-electron chi connectivity index (χ2n) is 5.22. The molecule has 0 bridgehead atoms. The molecule has 0 spiro atoms. The summed E-state index contributed by atoms with van der Waals surface area (Å²) in [5, 5.41) is 0. The highest BCUT2D eigenvalue weighted by molar-refractivity contribution is 5.54. The summed E-state index contributed by atoms with van der Waals surface area (Å²) in [7, 11) is 0. The van der Waals surface area contributed by atoms with Crippen molar-refractivity contribution in [1.82, 2.24) is 0 Å². The standard InChI is InChI=1S/C14H18F3NO2/c1-8-5-11(6-9(2)19-8)20-13-4-3-10(7-12(13)18)14(15,16)17/h3-4,7-9,11H,5-6,18H2,1-2H3. The highest BCUT2D eigenvalue weighted by atomic mass is 19.4. The maximum absolute atomic E-state index is 12.5. The highest BCUT2D eigenvalue weighted by Crippen LogP contribution is 2.35. The molecule has 1 aliphatic rings. The van der Waals surface area contributed by atoms with E-state index in [1.165, 1.54) is 6.07 Å². The van der Waals surface area contributed by atoms with Crippen LogP contribution in [-0.2, 0) is 10.9 Å². The predicted octanol–water partition coefficient (Wildman–Crippen LogP) is 3.62. The van der Waals surface area contributed by atoms with Crippen molar-refractivity contribution in [2.75, 3.05) is 5.73 Å². The molecule has 2 rings (SSSR count). The Kier molecular flexibility index (Phi) is 4.13. The fraction of sp³-hybridized carbons (Fsp3) is 0.571. The Bertz CT molecular complexity index is 466. The van der Waals surface area contributed by atoms with Crippen molar-refractivity contribution in [3.8, 4) is 5.75 Å². The molecule has 0 saturated carbocycles. The normalized spacial score (nSPS) is 27.4. The number of hydrogen-bond acceptors (Lipinski definition) is 3. The van der Waals surface area contributed by atoms with Gasteiger partial charge in [0, 0.05) is 12.8 Å². The van der Waals surface area contributed by atoms with Crippen LogP contribution in [0.3, 0.4) is 0 Å². The van der Waals surface area contributed by atoms with Crippen LogP contribution >= 0.6 is 0 Å². The molecular weight excluding hydrogens is 271 g/mol. The topological polar surface area (TPSA) is 44.5 Å². The lowest BCUT2D eigenvalue weighted by Gasteiger charge is -2.32. The number of benzene rings is 1. The van der Waals surface area contributed by atoms with Crippen LogP contribution in [0.5, 0.6) is 5.75 Å². The lowest BCUT2D eigenvalue weighted by atomic mass is 10.0. The molecule has 1 saturated heterocycles. The van der Waals surface area contributed by atoms with Gasteiger partial charge in [-0.1, -0.05) is 0 Å². The van der Waals surface area contributed by atoms with E-state index in [0.717, 1.165) is 12.1 Å². The molecule has 2 atom stereocenters. The number of nitrogens with two attached hydrogens (primary N) is 1. The van der Waals surface area contributed by atoms with E-state index in [2.05, 4.69) is 0 Å². The molecule has 0 aliphatic carbocycles. The third kappa shape index (κ3) is 3.56. The summed E-state index contributed by atoms with van der Waals surface area (Å²) >= 11 is 0. The van der Waals surface area contributed by atoms with Gasteiger partial charge in [-0.05, 0) is 32.0 Å². The molecule has 0 aromatic heterocycles. The molecule has 20 heavy (non-hydrogen) atoms. The molecule has 112 valence electrons. The van der Waals surface area contributed by atoms with Crippen molar-refractivity contribution in [2.45, 2.75) is 51.2 Å². The molecule has 2 unspecified atom stereocenters. The smallest absolute Gasteiger partial charge is 0.416 e. The maximum Gasteiger partial charge on any atom is 0.416 e. The molecule has 3 nitrogen and oxygen atoms in total. The summed E-state index contributed by atoms with van der Waals surface area (Å²) < 4.78 is 49.0. The molecule has 6 heteroatoms. The van der Waals surface area contributed by atoms with E-state index < -0.39 is 11.7 Å². The first-order chi connectivity index (χ1) is 9.25. The Morgan fingerprint density at radius 3 is 2.30 bits per heavy atom. The molecular formula is C14H18F3NO2. The van der Waals surface area contributed by atoms with Crippen molar-refractivity contribution in [3.63, 3.8) is 0 Å². The predicted molar refractivity (Wildman–Crippen MR) is 69.5 cm³/mol. The van der Waals surface area contributed by atoms with Gasteiger partial charge in [-0.15, -0.1) is 0 Å². The minimum Gasteiger partial charge on any atom is -0.488 e. The first-order valence-electron chi connectivity index (χ1n) is 6.54. The Morgan fingerprint density at radius 2 is 1.80 bits per heavy atom. The lowest BCUT2D eigenvalue weighted by Crippen LogP contribution is -2.35. The number of rotatable bonds is 2. The van der Waals surface area contributed by atoms with Crippen LogP contribution in [-0.4, -0.2) is 18.3 Å². The minimum absolute atomic E-state index is 0.00613. The van der Waals surface area contributed by atoms with Crippen LogP contribution in [0.15, 0.2) is 18.2 Å². The zero-order valence-corrected chi connectivity index (χ0v) is 11.4. The summed E-state index contributed by atoms with van der Waals surface area (Å²) in [6.45, 7) is 3.89. The van der Waals surface area contributed by atoms with E-state index in [4.69, 9.17) is 15.2 Å². The van der Waals surface area contributed by atoms with Crippen LogP contribution in [0.1, 0.15) is 32.3 Å². The summed E-state index contributed by atoms with van der Waals surface area (Å²) in [4.78, 5) is 0. The zero-order valence-electron chi connectivity index (χ0n) is 11.4. The van der Waals surface area contributed by atoms with Gasteiger partial charge in [0.25, 0.3) is 0 Å². The van der Waals surface area contributed by atoms with Gasteiger partial charge in [-0.3, -0.25) is 0 Å². The zero-order chi connectivity index (χ0) is 14.9. The highest BCUT2D eigenvalue weighted by Gasteiger charge is 2.31. The summed E-state index contributed by atoms with van der Waals surface area (Å²) in [6, 6.07) is 3.17. The fourth-order valence-electron chi connectivity index (χ4n) is 2.45.